The van der Waals surface area contributed by atoms with Crippen molar-refractivity contribution in [1.29, 1.82) is 0 Å². The van der Waals surface area contributed by atoms with Gasteiger partial charge in [0.1, 0.15) is 11.5 Å². The Morgan fingerprint density at radius 1 is 0.559 bits per heavy atom. The number of hydrogen-bond donors (Lipinski definition) is 0. The van der Waals surface area contributed by atoms with Crippen LogP contribution in [0.5, 0.6) is 11.5 Å². The van der Waals surface area contributed by atoms with E-state index in [0.29, 0.717) is 0 Å². The van der Waals surface area contributed by atoms with Crippen molar-refractivity contribution in [3.63, 3.8) is 0 Å². The van der Waals surface area contributed by atoms with Gasteiger partial charge in [-0.05, 0) is 71.8 Å². The van der Waals surface area contributed by atoms with Gasteiger partial charge in [-0.15, -0.1) is 0 Å². The highest BCUT2D eigenvalue weighted by molar-refractivity contribution is 9.10. The molecule has 0 unspecified atom stereocenters. The molecule has 0 aliphatic carbocycles. The van der Waals surface area contributed by atoms with E-state index < -0.39 is 0 Å². The molecule has 0 fully saturated rings. The van der Waals surface area contributed by atoms with Gasteiger partial charge >= 0.3 is 0 Å². The standard InChI is InChI=1S/C28H22Br2N2O2/c1-33-27-13-7-23(29)15-21(27)17-31-25-9-3-19(4-10-25)20-5-11-26(12-6-20)32-18-22-16-24(30)8-14-28(22)34-2/h3-18H,1-2H3. The van der Waals surface area contributed by atoms with Gasteiger partial charge in [0, 0.05) is 32.5 Å². The zero-order valence-electron chi connectivity index (χ0n) is 18.7. The number of hydrogen-bond acceptors (Lipinski definition) is 4. The van der Waals surface area contributed by atoms with Crippen LogP contribution in [0.3, 0.4) is 0 Å². The first-order chi connectivity index (χ1) is 16.6. The summed E-state index contributed by atoms with van der Waals surface area (Å²) in [6.45, 7) is 0. The fraction of sp³-hybridized carbons (Fsp3) is 0.0714. The van der Waals surface area contributed by atoms with Crippen molar-refractivity contribution in [3.8, 4) is 22.6 Å². The molecule has 0 heterocycles. The molecule has 4 nitrogen and oxygen atoms in total. The summed E-state index contributed by atoms with van der Waals surface area (Å²) >= 11 is 6.98. The molecule has 0 aliphatic rings. The number of halogens is 2. The van der Waals surface area contributed by atoms with Gasteiger partial charge in [0.05, 0.1) is 25.6 Å². The fourth-order valence-corrected chi connectivity index (χ4v) is 4.14. The van der Waals surface area contributed by atoms with E-state index >= 15 is 0 Å². The Hall–Kier alpha value is -3.22. The number of nitrogens with zero attached hydrogens (tertiary/aromatic N) is 2. The lowest BCUT2D eigenvalue weighted by molar-refractivity contribution is 0.414. The van der Waals surface area contributed by atoms with Crippen molar-refractivity contribution in [2.45, 2.75) is 0 Å². The van der Waals surface area contributed by atoms with Crippen molar-refractivity contribution >= 4 is 55.7 Å². The molecule has 0 saturated carbocycles. The Morgan fingerprint density at radius 2 is 0.941 bits per heavy atom. The van der Waals surface area contributed by atoms with Crippen LogP contribution < -0.4 is 9.47 Å². The van der Waals surface area contributed by atoms with E-state index in [1.54, 1.807) is 14.2 Å². The summed E-state index contributed by atoms with van der Waals surface area (Å²) in [5.74, 6) is 1.56. The van der Waals surface area contributed by atoms with Crippen LogP contribution in [0.4, 0.5) is 11.4 Å². The fourth-order valence-electron chi connectivity index (χ4n) is 3.38. The molecule has 0 atom stereocenters. The highest BCUT2D eigenvalue weighted by Gasteiger charge is 2.03. The van der Waals surface area contributed by atoms with E-state index in [9.17, 15) is 0 Å². The molecule has 170 valence electrons. The third-order valence-electron chi connectivity index (χ3n) is 5.16. The van der Waals surface area contributed by atoms with Gasteiger partial charge in [-0.3, -0.25) is 9.98 Å². The molecule has 4 rings (SSSR count). The number of ether oxygens (including phenoxy) is 2. The second-order valence-electron chi connectivity index (χ2n) is 7.38. The lowest BCUT2D eigenvalue weighted by Gasteiger charge is -2.06. The zero-order valence-corrected chi connectivity index (χ0v) is 21.9. The molecule has 0 saturated heterocycles. The molecule has 4 aromatic carbocycles. The van der Waals surface area contributed by atoms with Crippen LogP contribution in [0.1, 0.15) is 11.1 Å². The lowest BCUT2D eigenvalue weighted by atomic mass is 10.1. The van der Waals surface area contributed by atoms with Gasteiger partial charge in [-0.25, -0.2) is 0 Å². The van der Waals surface area contributed by atoms with Gasteiger partial charge in [0.2, 0.25) is 0 Å². The monoisotopic (exact) mass is 576 g/mol. The molecule has 6 heteroatoms. The van der Waals surface area contributed by atoms with Crippen molar-refractivity contribution in [3.05, 3.63) is 105 Å². The average Bonchev–Trinajstić information content (AvgIpc) is 2.87. The maximum absolute atomic E-state index is 5.40. The summed E-state index contributed by atoms with van der Waals surface area (Å²) in [5.41, 5.74) is 5.80. The molecule has 0 bridgehead atoms. The van der Waals surface area contributed by atoms with E-state index in [-0.39, 0.29) is 0 Å². The molecule has 4 aromatic rings. The first-order valence-corrected chi connectivity index (χ1v) is 12.1. The largest absolute Gasteiger partial charge is 0.496 e. The smallest absolute Gasteiger partial charge is 0.127 e. The second kappa shape index (κ2) is 11.3. The maximum Gasteiger partial charge on any atom is 0.127 e. The van der Waals surface area contributed by atoms with Gasteiger partial charge < -0.3 is 9.47 Å². The van der Waals surface area contributed by atoms with E-state index in [0.717, 1.165) is 54.1 Å². The van der Waals surface area contributed by atoms with Crippen molar-refractivity contribution in [1.82, 2.24) is 0 Å². The quantitative estimate of drug-likeness (QED) is 0.207. The normalized spacial score (nSPS) is 11.3. The summed E-state index contributed by atoms with van der Waals surface area (Å²) < 4.78 is 12.8. The van der Waals surface area contributed by atoms with Gasteiger partial charge in [-0.1, -0.05) is 56.1 Å². The number of methoxy groups -OCH3 is 2. The maximum atomic E-state index is 5.40. The Bertz CT molecular complexity index is 1230. The molecule has 0 aromatic heterocycles. The highest BCUT2D eigenvalue weighted by Crippen LogP contribution is 2.27. The summed E-state index contributed by atoms with van der Waals surface area (Å²) in [5, 5.41) is 0. The van der Waals surface area contributed by atoms with Crippen molar-refractivity contribution < 1.29 is 9.47 Å². The zero-order chi connectivity index (χ0) is 23.9. The SMILES string of the molecule is COc1ccc(Br)cc1C=Nc1ccc(-c2ccc(N=Cc3cc(Br)ccc3OC)cc2)cc1. The van der Waals surface area contributed by atoms with Gasteiger partial charge in [0.15, 0.2) is 0 Å². The number of rotatable bonds is 7. The Kier molecular flexibility index (Phi) is 7.93. The summed E-state index contributed by atoms with van der Waals surface area (Å²) in [7, 11) is 3.31. The third-order valence-corrected chi connectivity index (χ3v) is 6.14. The van der Waals surface area contributed by atoms with E-state index in [2.05, 4.69) is 66.1 Å². The first-order valence-electron chi connectivity index (χ1n) is 10.5. The summed E-state index contributed by atoms with van der Waals surface area (Å²) in [4.78, 5) is 9.18. The molecular weight excluding hydrogens is 556 g/mol. The van der Waals surface area contributed by atoms with Crippen LogP contribution in [0.25, 0.3) is 11.1 Å². The van der Waals surface area contributed by atoms with Crippen LogP contribution >= 0.6 is 31.9 Å². The lowest BCUT2D eigenvalue weighted by Crippen LogP contribution is -1.90. The highest BCUT2D eigenvalue weighted by atomic mass is 79.9. The van der Waals surface area contributed by atoms with Crippen LogP contribution in [-0.2, 0) is 0 Å². The van der Waals surface area contributed by atoms with Crippen LogP contribution in [0.15, 0.2) is 104 Å². The van der Waals surface area contributed by atoms with E-state index in [4.69, 9.17) is 9.47 Å². The molecule has 0 radical (unpaired) electrons. The van der Waals surface area contributed by atoms with Gasteiger partial charge in [-0.2, -0.15) is 0 Å². The first kappa shape index (κ1) is 23.9. The minimum atomic E-state index is 0.782. The van der Waals surface area contributed by atoms with E-state index in [1.165, 1.54) is 0 Å². The Labute approximate surface area is 216 Å². The molecule has 34 heavy (non-hydrogen) atoms. The Morgan fingerprint density at radius 3 is 1.29 bits per heavy atom. The molecule has 0 amide bonds. The average molecular weight is 578 g/mol. The summed E-state index contributed by atoms with van der Waals surface area (Å²) in [6.07, 6.45) is 3.62. The second-order valence-corrected chi connectivity index (χ2v) is 9.21. The predicted octanol–water partition coefficient (Wildman–Crippen LogP) is 8.40. The van der Waals surface area contributed by atoms with E-state index in [1.807, 2.05) is 73.1 Å². The number of aliphatic imine (C=N–C) groups is 2. The summed E-state index contributed by atoms with van der Waals surface area (Å²) in [6, 6.07) is 27.9. The molecule has 0 spiro atoms. The predicted molar refractivity (Wildman–Crippen MR) is 148 cm³/mol. The molecule has 0 N–H and O–H groups in total. The third kappa shape index (κ3) is 6.01. The van der Waals surface area contributed by atoms with Crippen LogP contribution in [-0.4, -0.2) is 26.6 Å². The van der Waals surface area contributed by atoms with Gasteiger partial charge in [0.25, 0.3) is 0 Å². The minimum absolute atomic E-state index is 0.782. The van der Waals surface area contributed by atoms with Crippen molar-refractivity contribution in [2.75, 3.05) is 14.2 Å². The Balaban J connectivity index is 1.47. The molecular formula is C28H22Br2N2O2. The minimum Gasteiger partial charge on any atom is -0.496 e. The number of benzene rings is 4. The van der Waals surface area contributed by atoms with Crippen LogP contribution in [0, 0.1) is 0 Å². The topological polar surface area (TPSA) is 43.2 Å². The van der Waals surface area contributed by atoms with Crippen molar-refractivity contribution in [2.24, 2.45) is 9.98 Å². The molecule has 0 aliphatic heterocycles. The van der Waals surface area contributed by atoms with Crippen LogP contribution in [0.2, 0.25) is 0 Å².